The zero-order valence-electron chi connectivity index (χ0n) is 18.6. The summed E-state index contributed by atoms with van der Waals surface area (Å²) in [6, 6.07) is 18.6. The second-order valence-electron chi connectivity index (χ2n) is 8.05. The van der Waals surface area contributed by atoms with Crippen molar-refractivity contribution < 1.29 is 9.53 Å². The molecule has 162 valence electrons. The number of hydrogen-bond donors (Lipinski definition) is 0. The molecule has 1 aliphatic heterocycles. The minimum absolute atomic E-state index is 0.112. The van der Waals surface area contributed by atoms with E-state index in [0.717, 1.165) is 57.1 Å². The standard InChI is InChI=1S/C25H35N3O2/c1-4-25(29)28(23-11-8-12-24(19-23)30-3)21(2)20-27-17-15-26(16-18-27)14-13-22-9-6-5-7-10-22/h5-12,19,21H,4,13-18,20H2,1-3H3. The van der Waals surface area contributed by atoms with Crippen LogP contribution in [0.4, 0.5) is 5.69 Å². The van der Waals surface area contributed by atoms with Gasteiger partial charge in [0.1, 0.15) is 5.75 Å². The monoisotopic (exact) mass is 409 g/mol. The quantitative estimate of drug-likeness (QED) is 0.633. The van der Waals surface area contributed by atoms with Crippen LogP contribution in [0, 0.1) is 0 Å². The van der Waals surface area contributed by atoms with Crippen LogP contribution < -0.4 is 9.64 Å². The van der Waals surface area contributed by atoms with Crippen molar-refractivity contribution in [3.8, 4) is 5.75 Å². The van der Waals surface area contributed by atoms with Gasteiger partial charge in [-0.15, -0.1) is 0 Å². The van der Waals surface area contributed by atoms with E-state index in [1.807, 2.05) is 36.1 Å². The van der Waals surface area contributed by atoms with Crippen molar-refractivity contribution in [2.75, 3.05) is 51.3 Å². The molecule has 0 spiro atoms. The number of methoxy groups -OCH3 is 1. The van der Waals surface area contributed by atoms with Crippen LogP contribution in [0.2, 0.25) is 0 Å². The lowest BCUT2D eigenvalue weighted by molar-refractivity contribution is -0.118. The van der Waals surface area contributed by atoms with Gasteiger partial charge in [-0.2, -0.15) is 0 Å². The first kappa shape index (κ1) is 22.3. The van der Waals surface area contributed by atoms with Gasteiger partial charge >= 0.3 is 0 Å². The maximum atomic E-state index is 12.7. The predicted octanol–water partition coefficient (Wildman–Crippen LogP) is 3.69. The van der Waals surface area contributed by atoms with Gasteiger partial charge in [0.15, 0.2) is 0 Å². The molecular formula is C25H35N3O2. The van der Waals surface area contributed by atoms with E-state index in [2.05, 4.69) is 47.1 Å². The molecule has 1 amide bonds. The summed E-state index contributed by atoms with van der Waals surface area (Å²) in [6.07, 6.45) is 1.60. The SMILES string of the molecule is CCC(=O)N(c1cccc(OC)c1)C(C)CN1CCN(CCc2ccccc2)CC1. The first-order valence-electron chi connectivity index (χ1n) is 11.1. The number of rotatable bonds is 9. The highest BCUT2D eigenvalue weighted by molar-refractivity contribution is 5.93. The van der Waals surface area contributed by atoms with Gasteiger partial charge in [-0.05, 0) is 31.0 Å². The van der Waals surface area contributed by atoms with E-state index in [0.29, 0.717) is 6.42 Å². The average Bonchev–Trinajstić information content (AvgIpc) is 2.79. The van der Waals surface area contributed by atoms with E-state index >= 15 is 0 Å². The number of benzene rings is 2. The number of hydrogen-bond acceptors (Lipinski definition) is 4. The minimum Gasteiger partial charge on any atom is -0.497 e. The first-order chi connectivity index (χ1) is 14.6. The lowest BCUT2D eigenvalue weighted by Gasteiger charge is -2.38. The summed E-state index contributed by atoms with van der Waals surface area (Å²) < 4.78 is 5.36. The molecule has 2 aromatic carbocycles. The average molecular weight is 410 g/mol. The van der Waals surface area contributed by atoms with Crippen molar-refractivity contribution >= 4 is 11.6 Å². The van der Waals surface area contributed by atoms with Crippen molar-refractivity contribution in [1.82, 2.24) is 9.80 Å². The van der Waals surface area contributed by atoms with Crippen molar-refractivity contribution in [2.45, 2.75) is 32.7 Å². The van der Waals surface area contributed by atoms with Crippen molar-refractivity contribution in [2.24, 2.45) is 0 Å². The third kappa shape index (κ3) is 6.07. The summed E-state index contributed by atoms with van der Waals surface area (Å²) in [5.74, 6) is 0.929. The maximum absolute atomic E-state index is 12.7. The lowest BCUT2D eigenvalue weighted by Crippen LogP contribution is -2.52. The minimum atomic E-state index is 0.112. The Labute approximate surface area is 181 Å². The largest absolute Gasteiger partial charge is 0.497 e. The van der Waals surface area contributed by atoms with Crippen LogP contribution in [0.25, 0.3) is 0 Å². The summed E-state index contributed by atoms with van der Waals surface area (Å²) in [4.78, 5) is 19.7. The van der Waals surface area contributed by atoms with Crippen LogP contribution in [0.3, 0.4) is 0 Å². The van der Waals surface area contributed by atoms with Gasteiger partial charge in [-0.3, -0.25) is 9.69 Å². The number of carbonyl (C=O) groups is 1. The third-order valence-corrected chi connectivity index (χ3v) is 5.89. The molecule has 0 aromatic heterocycles. The fourth-order valence-electron chi connectivity index (χ4n) is 4.16. The summed E-state index contributed by atoms with van der Waals surface area (Å²) in [5.41, 5.74) is 2.32. The summed E-state index contributed by atoms with van der Waals surface area (Å²) in [6.45, 7) is 10.3. The van der Waals surface area contributed by atoms with Gasteiger partial charge in [0.25, 0.3) is 0 Å². The maximum Gasteiger partial charge on any atom is 0.226 e. The van der Waals surface area contributed by atoms with E-state index in [1.165, 1.54) is 5.56 Å². The molecule has 1 fully saturated rings. The van der Waals surface area contributed by atoms with Gasteiger partial charge in [-0.1, -0.05) is 43.3 Å². The molecule has 0 bridgehead atoms. The number of carbonyl (C=O) groups excluding carboxylic acids is 1. The van der Waals surface area contributed by atoms with Crippen molar-refractivity contribution in [3.05, 3.63) is 60.2 Å². The highest BCUT2D eigenvalue weighted by atomic mass is 16.5. The molecule has 1 heterocycles. The van der Waals surface area contributed by atoms with E-state index in [-0.39, 0.29) is 11.9 Å². The Morgan fingerprint density at radius 3 is 2.40 bits per heavy atom. The molecule has 1 atom stereocenters. The number of amides is 1. The highest BCUT2D eigenvalue weighted by Crippen LogP contribution is 2.24. The second kappa shape index (κ2) is 11.1. The Hall–Kier alpha value is -2.37. The van der Waals surface area contributed by atoms with Crippen LogP contribution >= 0.6 is 0 Å². The fourth-order valence-corrected chi connectivity index (χ4v) is 4.16. The van der Waals surface area contributed by atoms with Gasteiger partial charge in [0, 0.05) is 63.5 Å². The molecule has 0 saturated carbocycles. The third-order valence-electron chi connectivity index (χ3n) is 5.89. The topological polar surface area (TPSA) is 36.0 Å². The van der Waals surface area contributed by atoms with Crippen LogP contribution in [-0.4, -0.2) is 68.1 Å². The molecule has 0 aliphatic carbocycles. The van der Waals surface area contributed by atoms with E-state index < -0.39 is 0 Å². The van der Waals surface area contributed by atoms with E-state index in [9.17, 15) is 4.79 Å². The molecule has 5 heteroatoms. The van der Waals surface area contributed by atoms with Crippen molar-refractivity contribution in [3.63, 3.8) is 0 Å². The Balaban J connectivity index is 1.53. The van der Waals surface area contributed by atoms with E-state index in [1.54, 1.807) is 7.11 Å². The predicted molar refractivity (Wildman–Crippen MR) is 123 cm³/mol. The summed E-state index contributed by atoms with van der Waals surface area (Å²) in [7, 11) is 1.66. The van der Waals surface area contributed by atoms with Crippen LogP contribution in [-0.2, 0) is 11.2 Å². The Morgan fingerprint density at radius 1 is 1.03 bits per heavy atom. The van der Waals surface area contributed by atoms with Crippen LogP contribution in [0.5, 0.6) is 5.75 Å². The molecule has 0 N–H and O–H groups in total. The molecule has 1 aliphatic rings. The van der Waals surface area contributed by atoms with Gasteiger partial charge in [-0.25, -0.2) is 0 Å². The Kier molecular flexibility index (Phi) is 8.29. The van der Waals surface area contributed by atoms with Gasteiger partial charge in [0.2, 0.25) is 5.91 Å². The number of piperazine rings is 1. The first-order valence-corrected chi connectivity index (χ1v) is 11.1. The molecule has 0 radical (unpaired) electrons. The zero-order chi connectivity index (χ0) is 21.3. The molecule has 30 heavy (non-hydrogen) atoms. The second-order valence-corrected chi connectivity index (χ2v) is 8.05. The molecule has 1 saturated heterocycles. The smallest absolute Gasteiger partial charge is 0.226 e. The van der Waals surface area contributed by atoms with Gasteiger partial charge < -0.3 is 14.5 Å². The Morgan fingerprint density at radius 2 is 1.73 bits per heavy atom. The fraction of sp³-hybridized carbons (Fsp3) is 0.480. The normalized spacial score (nSPS) is 16.2. The molecular weight excluding hydrogens is 374 g/mol. The van der Waals surface area contributed by atoms with Crippen LogP contribution in [0.15, 0.2) is 54.6 Å². The van der Waals surface area contributed by atoms with Crippen LogP contribution in [0.1, 0.15) is 25.8 Å². The number of anilines is 1. The summed E-state index contributed by atoms with van der Waals surface area (Å²) >= 11 is 0. The molecule has 2 aromatic rings. The number of ether oxygens (including phenoxy) is 1. The van der Waals surface area contributed by atoms with E-state index in [4.69, 9.17) is 4.74 Å². The van der Waals surface area contributed by atoms with Gasteiger partial charge in [0.05, 0.1) is 7.11 Å². The molecule has 1 unspecified atom stereocenters. The summed E-state index contributed by atoms with van der Waals surface area (Å²) in [5, 5.41) is 0. The highest BCUT2D eigenvalue weighted by Gasteiger charge is 2.25. The number of nitrogens with zero attached hydrogens (tertiary/aromatic N) is 3. The molecule has 3 rings (SSSR count). The zero-order valence-corrected chi connectivity index (χ0v) is 18.6. The van der Waals surface area contributed by atoms with Crippen molar-refractivity contribution in [1.29, 1.82) is 0 Å². The molecule has 5 nitrogen and oxygen atoms in total. The lowest BCUT2D eigenvalue weighted by atomic mass is 10.1. The Bertz CT molecular complexity index is 788.